The molecule has 0 saturated carbocycles. The van der Waals surface area contributed by atoms with Crippen LogP contribution in [0.25, 0.3) is 22.1 Å². The van der Waals surface area contributed by atoms with E-state index in [-0.39, 0.29) is 0 Å². The lowest BCUT2D eigenvalue weighted by atomic mass is 10.1. The molecular weight excluding hydrogens is 308 g/mol. The normalized spacial score (nSPS) is 11.0. The van der Waals surface area contributed by atoms with E-state index in [0.29, 0.717) is 0 Å². The minimum Gasteiger partial charge on any atom is -0.449 e. The molecule has 1 aromatic heterocycles. The summed E-state index contributed by atoms with van der Waals surface area (Å²) in [5.74, 6) is 0. The van der Waals surface area contributed by atoms with Crippen molar-refractivity contribution in [3.05, 3.63) is 53.0 Å². The Morgan fingerprint density at radius 1 is 1.06 bits per heavy atom. The van der Waals surface area contributed by atoms with Gasteiger partial charge in [0.2, 0.25) is 0 Å². The molecule has 0 bridgehead atoms. The van der Waals surface area contributed by atoms with Gasteiger partial charge in [0, 0.05) is 15.4 Å². The molecule has 0 radical (unpaired) electrons. The Labute approximate surface area is 118 Å². The molecule has 18 heavy (non-hydrogen) atoms. The van der Waals surface area contributed by atoms with E-state index in [4.69, 9.17) is 4.42 Å². The maximum absolute atomic E-state index is 5.90. The topological polar surface area (TPSA) is 13.1 Å². The Balaban J connectivity index is 2.35. The molecule has 0 aliphatic carbocycles. The van der Waals surface area contributed by atoms with Gasteiger partial charge in [0.05, 0.1) is 0 Å². The fourth-order valence-corrected chi connectivity index (χ4v) is 3.04. The monoisotopic (exact) mass is 318 g/mol. The second-order valence-corrected chi connectivity index (χ2v) is 5.67. The standard InChI is InChI=1S/C15H11BrOS/c1-18-15-14(10-5-3-2-4-6-10)12-9-11(16)7-8-13(12)17-15/h2-9H,1H3. The SMILES string of the molecule is CSc1oc2ccc(Br)cc2c1-c1ccccc1. The summed E-state index contributed by atoms with van der Waals surface area (Å²) in [6.07, 6.45) is 2.04. The minimum absolute atomic E-state index is 0.932. The van der Waals surface area contributed by atoms with Crippen LogP contribution in [0.15, 0.2) is 62.5 Å². The second-order valence-electron chi connectivity index (χ2n) is 3.98. The maximum Gasteiger partial charge on any atom is 0.169 e. The summed E-state index contributed by atoms with van der Waals surface area (Å²) in [6.45, 7) is 0. The molecule has 1 heterocycles. The summed E-state index contributed by atoms with van der Waals surface area (Å²) < 4.78 is 6.97. The highest BCUT2D eigenvalue weighted by Gasteiger charge is 2.15. The van der Waals surface area contributed by atoms with Gasteiger partial charge in [-0.15, -0.1) is 0 Å². The zero-order chi connectivity index (χ0) is 12.5. The first-order valence-corrected chi connectivity index (χ1v) is 7.63. The number of furan rings is 1. The van der Waals surface area contributed by atoms with E-state index in [0.717, 1.165) is 20.5 Å². The lowest BCUT2D eigenvalue weighted by Crippen LogP contribution is -1.77. The van der Waals surface area contributed by atoms with Crippen molar-refractivity contribution in [3.63, 3.8) is 0 Å². The largest absolute Gasteiger partial charge is 0.449 e. The van der Waals surface area contributed by atoms with Crippen molar-refractivity contribution in [2.24, 2.45) is 0 Å². The Kier molecular flexibility index (Phi) is 3.18. The number of halogens is 1. The predicted molar refractivity (Wildman–Crippen MR) is 81.1 cm³/mol. The summed E-state index contributed by atoms with van der Waals surface area (Å²) in [6, 6.07) is 16.5. The van der Waals surface area contributed by atoms with Crippen molar-refractivity contribution in [2.45, 2.75) is 5.09 Å². The zero-order valence-electron chi connectivity index (χ0n) is 9.81. The fourth-order valence-electron chi connectivity index (χ4n) is 2.07. The Morgan fingerprint density at radius 3 is 2.56 bits per heavy atom. The summed E-state index contributed by atoms with van der Waals surface area (Å²) in [7, 11) is 0. The molecule has 1 nitrogen and oxygen atoms in total. The van der Waals surface area contributed by atoms with Crippen LogP contribution in [0.5, 0.6) is 0 Å². The summed E-state index contributed by atoms with van der Waals surface area (Å²) in [4.78, 5) is 0. The van der Waals surface area contributed by atoms with Gasteiger partial charge in [-0.05, 0) is 30.0 Å². The van der Waals surface area contributed by atoms with Gasteiger partial charge in [-0.3, -0.25) is 0 Å². The molecule has 0 aliphatic rings. The van der Waals surface area contributed by atoms with Gasteiger partial charge in [-0.25, -0.2) is 0 Å². The first kappa shape index (κ1) is 11.9. The second kappa shape index (κ2) is 4.82. The third-order valence-electron chi connectivity index (χ3n) is 2.87. The molecule has 0 spiro atoms. The van der Waals surface area contributed by atoms with Gasteiger partial charge >= 0.3 is 0 Å². The number of hydrogen-bond donors (Lipinski definition) is 0. The van der Waals surface area contributed by atoms with Crippen molar-refractivity contribution in [1.29, 1.82) is 0 Å². The average molecular weight is 319 g/mol. The lowest BCUT2D eigenvalue weighted by Gasteiger charge is -2.01. The molecule has 0 amide bonds. The summed E-state index contributed by atoms with van der Waals surface area (Å²) in [5.41, 5.74) is 3.31. The van der Waals surface area contributed by atoms with E-state index in [2.05, 4.69) is 46.3 Å². The first-order chi connectivity index (χ1) is 8.79. The van der Waals surface area contributed by atoms with Crippen molar-refractivity contribution >= 4 is 38.7 Å². The Hall–Kier alpha value is -1.19. The third kappa shape index (κ3) is 1.98. The van der Waals surface area contributed by atoms with Crippen LogP contribution in [-0.4, -0.2) is 6.26 Å². The van der Waals surface area contributed by atoms with Gasteiger partial charge in [-0.2, -0.15) is 0 Å². The molecule has 0 aliphatic heterocycles. The molecule has 0 atom stereocenters. The van der Waals surface area contributed by atoms with Gasteiger partial charge in [0.15, 0.2) is 5.09 Å². The molecule has 3 rings (SSSR count). The van der Waals surface area contributed by atoms with Crippen LogP contribution >= 0.6 is 27.7 Å². The molecule has 0 unspecified atom stereocenters. The molecule has 3 aromatic rings. The van der Waals surface area contributed by atoms with Crippen LogP contribution in [0.4, 0.5) is 0 Å². The molecule has 2 aromatic carbocycles. The Morgan fingerprint density at radius 2 is 1.83 bits per heavy atom. The van der Waals surface area contributed by atoms with E-state index in [1.54, 1.807) is 11.8 Å². The molecule has 0 fully saturated rings. The first-order valence-electron chi connectivity index (χ1n) is 5.61. The van der Waals surface area contributed by atoms with Gasteiger partial charge in [-0.1, -0.05) is 58.0 Å². The van der Waals surface area contributed by atoms with Crippen LogP contribution in [-0.2, 0) is 0 Å². The van der Waals surface area contributed by atoms with Gasteiger partial charge < -0.3 is 4.42 Å². The van der Waals surface area contributed by atoms with Crippen molar-refractivity contribution < 1.29 is 4.42 Å². The fraction of sp³-hybridized carbons (Fsp3) is 0.0667. The average Bonchev–Trinajstić information content (AvgIpc) is 2.77. The smallest absolute Gasteiger partial charge is 0.169 e. The molecule has 0 N–H and O–H groups in total. The van der Waals surface area contributed by atoms with E-state index in [9.17, 15) is 0 Å². The molecular formula is C15H11BrOS. The summed E-state index contributed by atoms with van der Waals surface area (Å²) in [5, 5.41) is 2.12. The van der Waals surface area contributed by atoms with E-state index < -0.39 is 0 Å². The number of fused-ring (bicyclic) bond motifs is 1. The van der Waals surface area contributed by atoms with Gasteiger partial charge in [0.1, 0.15) is 5.58 Å². The van der Waals surface area contributed by atoms with E-state index in [1.165, 1.54) is 11.1 Å². The highest BCUT2D eigenvalue weighted by molar-refractivity contribution is 9.10. The zero-order valence-corrected chi connectivity index (χ0v) is 12.2. The van der Waals surface area contributed by atoms with Crippen LogP contribution in [0.1, 0.15) is 0 Å². The molecule has 90 valence electrons. The number of benzene rings is 2. The quantitative estimate of drug-likeness (QED) is 0.572. The molecule has 3 heteroatoms. The van der Waals surface area contributed by atoms with E-state index >= 15 is 0 Å². The number of hydrogen-bond acceptors (Lipinski definition) is 2. The third-order valence-corrected chi connectivity index (χ3v) is 4.02. The maximum atomic E-state index is 5.90. The number of thioether (sulfide) groups is 1. The lowest BCUT2D eigenvalue weighted by molar-refractivity contribution is 0.518. The number of rotatable bonds is 2. The van der Waals surface area contributed by atoms with Crippen LogP contribution in [0.2, 0.25) is 0 Å². The van der Waals surface area contributed by atoms with Crippen molar-refractivity contribution in [1.82, 2.24) is 0 Å². The van der Waals surface area contributed by atoms with Crippen LogP contribution in [0, 0.1) is 0 Å². The highest BCUT2D eigenvalue weighted by atomic mass is 79.9. The molecule has 0 saturated heterocycles. The minimum atomic E-state index is 0.932. The predicted octanol–water partition coefficient (Wildman–Crippen LogP) is 5.58. The van der Waals surface area contributed by atoms with Crippen molar-refractivity contribution in [2.75, 3.05) is 6.26 Å². The van der Waals surface area contributed by atoms with Gasteiger partial charge in [0.25, 0.3) is 0 Å². The van der Waals surface area contributed by atoms with Crippen molar-refractivity contribution in [3.8, 4) is 11.1 Å². The highest BCUT2D eigenvalue weighted by Crippen LogP contribution is 2.40. The Bertz CT molecular complexity index is 688. The van der Waals surface area contributed by atoms with Crippen LogP contribution < -0.4 is 0 Å². The van der Waals surface area contributed by atoms with Crippen LogP contribution in [0.3, 0.4) is 0 Å². The van der Waals surface area contributed by atoms with E-state index in [1.807, 2.05) is 24.5 Å². The summed E-state index contributed by atoms with van der Waals surface area (Å²) >= 11 is 5.16.